The molecule has 0 saturated heterocycles. The minimum atomic E-state index is -0.199. The number of hydrogen-bond donors (Lipinski definition) is 1. The van der Waals surface area contributed by atoms with Gasteiger partial charge in [-0.3, -0.25) is 0 Å². The summed E-state index contributed by atoms with van der Waals surface area (Å²) in [6, 6.07) is 0.190. The van der Waals surface area contributed by atoms with Crippen molar-refractivity contribution in [2.24, 2.45) is 11.7 Å². The predicted octanol–water partition coefficient (Wildman–Crippen LogP) is 1.54. The van der Waals surface area contributed by atoms with Gasteiger partial charge in [0.2, 0.25) is 0 Å². The minimum Gasteiger partial charge on any atom is -0.466 e. The Balaban J connectivity index is 2.24. The van der Waals surface area contributed by atoms with Crippen molar-refractivity contribution in [3.8, 4) is 0 Å². The third-order valence-corrected chi connectivity index (χ3v) is 3.43. The van der Waals surface area contributed by atoms with E-state index in [0.29, 0.717) is 5.92 Å². The van der Waals surface area contributed by atoms with E-state index < -0.39 is 0 Å². The molecule has 0 fully saturated rings. The molecule has 2 atom stereocenters. The second-order valence-corrected chi connectivity index (χ2v) is 4.42. The van der Waals surface area contributed by atoms with Crippen molar-refractivity contribution >= 4 is 5.97 Å². The molecule has 0 bridgehead atoms. The minimum absolute atomic E-state index is 0.190. The summed E-state index contributed by atoms with van der Waals surface area (Å²) in [7, 11) is 1.43. The summed E-state index contributed by atoms with van der Waals surface area (Å²) in [4.78, 5) is 11.4. The molecule has 0 amide bonds. The van der Waals surface area contributed by atoms with Gasteiger partial charge < -0.3 is 10.5 Å². The monoisotopic (exact) mass is 207 g/mol. The normalized spacial score (nSPS) is 29.9. The Kier molecular flexibility index (Phi) is 2.65. The van der Waals surface area contributed by atoms with Crippen LogP contribution in [0.4, 0.5) is 0 Å². The van der Waals surface area contributed by atoms with Crippen molar-refractivity contribution in [1.82, 2.24) is 0 Å². The molecule has 2 rings (SSSR count). The van der Waals surface area contributed by atoms with E-state index in [2.05, 4.69) is 6.92 Å². The lowest BCUT2D eigenvalue weighted by Crippen LogP contribution is -2.26. The lowest BCUT2D eigenvalue weighted by molar-refractivity contribution is -0.136. The van der Waals surface area contributed by atoms with Gasteiger partial charge in [-0.15, -0.1) is 0 Å². The van der Waals surface area contributed by atoms with Gasteiger partial charge in [0.05, 0.1) is 7.11 Å². The highest BCUT2D eigenvalue weighted by molar-refractivity contribution is 5.89. The first kappa shape index (κ1) is 10.4. The molecule has 0 spiro atoms. The second kappa shape index (κ2) is 3.81. The molecule has 2 aliphatic carbocycles. The molecule has 2 aliphatic rings. The van der Waals surface area contributed by atoms with Crippen molar-refractivity contribution in [2.45, 2.75) is 32.2 Å². The van der Waals surface area contributed by atoms with Gasteiger partial charge in [0.25, 0.3) is 0 Å². The Hall–Kier alpha value is -1.09. The fourth-order valence-electron chi connectivity index (χ4n) is 2.49. The van der Waals surface area contributed by atoms with Gasteiger partial charge in [-0.2, -0.15) is 0 Å². The number of methoxy groups -OCH3 is 1. The summed E-state index contributed by atoms with van der Waals surface area (Å²) in [5.41, 5.74) is 9.48. The molecular weight excluding hydrogens is 190 g/mol. The van der Waals surface area contributed by atoms with Gasteiger partial charge in [0.1, 0.15) is 0 Å². The average Bonchev–Trinajstić information content (AvgIpc) is 2.53. The van der Waals surface area contributed by atoms with Crippen LogP contribution in [0.1, 0.15) is 26.2 Å². The summed E-state index contributed by atoms with van der Waals surface area (Å²) < 4.78 is 4.73. The van der Waals surface area contributed by atoms with E-state index in [4.69, 9.17) is 10.5 Å². The zero-order chi connectivity index (χ0) is 11.0. The lowest BCUT2D eigenvalue weighted by atomic mass is 9.92. The smallest absolute Gasteiger partial charge is 0.333 e. The van der Waals surface area contributed by atoms with Crippen molar-refractivity contribution in [1.29, 1.82) is 0 Å². The molecule has 0 aromatic heterocycles. The van der Waals surface area contributed by atoms with E-state index in [9.17, 15) is 4.79 Å². The standard InChI is InChI=1S/C12H17NO2/c1-7-5-9-6-8(12(14)15-2)3-4-10(9)11(7)13/h6-7,11H,3-5,13H2,1-2H3/t7?,11-/m0/s1. The average molecular weight is 207 g/mol. The van der Waals surface area contributed by atoms with Crippen LogP contribution in [0, 0.1) is 5.92 Å². The number of nitrogens with two attached hydrogens (primary N) is 1. The van der Waals surface area contributed by atoms with Crippen molar-refractivity contribution in [2.75, 3.05) is 7.11 Å². The summed E-state index contributed by atoms with van der Waals surface area (Å²) in [6.07, 6.45) is 4.67. The molecule has 3 heteroatoms. The number of allylic oxidation sites excluding steroid dienone is 2. The van der Waals surface area contributed by atoms with Gasteiger partial charge in [-0.25, -0.2) is 4.79 Å². The van der Waals surface area contributed by atoms with Gasteiger partial charge in [0.15, 0.2) is 0 Å². The molecule has 2 N–H and O–H groups in total. The first-order valence-electron chi connectivity index (χ1n) is 5.40. The molecule has 0 aromatic carbocycles. The van der Waals surface area contributed by atoms with Crippen molar-refractivity contribution in [3.05, 3.63) is 22.8 Å². The number of hydrogen-bond acceptors (Lipinski definition) is 3. The maximum Gasteiger partial charge on any atom is 0.333 e. The molecule has 1 unspecified atom stereocenters. The van der Waals surface area contributed by atoms with Crippen molar-refractivity contribution < 1.29 is 9.53 Å². The molecule has 0 aliphatic heterocycles. The van der Waals surface area contributed by atoms with Gasteiger partial charge in [0, 0.05) is 11.6 Å². The van der Waals surface area contributed by atoms with E-state index in [0.717, 1.165) is 24.8 Å². The van der Waals surface area contributed by atoms with Crippen LogP contribution in [0.25, 0.3) is 0 Å². The van der Waals surface area contributed by atoms with E-state index >= 15 is 0 Å². The molecule has 15 heavy (non-hydrogen) atoms. The Labute approximate surface area is 90.0 Å². The quantitative estimate of drug-likeness (QED) is 0.664. The van der Waals surface area contributed by atoms with Gasteiger partial charge in [-0.1, -0.05) is 6.92 Å². The number of carbonyl (C=O) groups is 1. The molecule has 0 aromatic rings. The highest BCUT2D eigenvalue weighted by Crippen LogP contribution is 2.38. The van der Waals surface area contributed by atoms with Gasteiger partial charge in [-0.05, 0) is 42.4 Å². The SMILES string of the molecule is COC(=O)C1=CC2=C(CC1)[C@@H](N)C(C)C2. The van der Waals surface area contributed by atoms with Crippen LogP contribution in [0.15, 0.2) is 22.8 Å². The largest absolute Gasteiger partial charge is 0.466 e. The second-order valence-electron chi connectivity index (χ2n) is 4.42. The number of carbonyl (C=O) groups excluding carboxylic acids is 1. The van der Waals surface area contributed by atoms with E-state index in [1.165, 1.54) is 18.3 Å². The maximum absolute atomic E-state index is 11.4. The fraction of sp³-hybridized carbons (Fsp3) is 0.583. The van der Waals surface area contributed by atoms with Crippen molar-refractivity contribution in [3.63, 3.8) is 0 Å². The first-order chi connectivity index (χ1) is 7.13. The molecule has 0 saturated carbocycles. The fourth-order valence-corrected chi connectivity index (χ4v) is 2.49. The van der Waals surface area contributed by atoms with E-state index in [1.54, 1.807) is 0 Å². The Morgan fingerprint density at radius 2 is 2.27 bits per heavy atom. The molecule has 0 radical (unpaired) electrons. The molecular formula is C12H17NO2. The molecule has 0 heterocycles. The van der Waals surface area contributed by atoms with Crippen LogP contribution >= 0.6 is 0 Å². The summed E-state index contributed by atoms with van der Waals surface area (Å²) in [6.45, 7) is 2.16. The third kappa shape index (κ3) is 1.72. The third-order valence-electron chi connectivity index (χ3n) is 3.43. The van der Waals surface area contributed by atoms with E-state index in [1.807, 2.05) is 6.08 Å². The van der Waals surface area contributed by atoms with Crippen LogP contribution in [-0.2, 0) is 9.53 Å². The van der Waals surface area contributed by atoms with Gasteiger partial charge >= 0.3 is 5.97 Å². The zero-order valence-electron chi connectivity index (χ0n) is 9.25. The highest BCUT2D eigenvalue weighted by atomic mass is 16.5. The predicted molar refractivity (Wildman–Crippen MR) is 58.1 cm³/mol. The van der Waals surface area contributed by atoms with Crippen LogP contribution in [0.2, 0.25) is 0 Å². The molecule has 82 valence electrons. The van der Waals surface area contributed by atoms with Crippen LogP contribution in [0.3, 0.4) is 0 Å². The highest BCUT2D eigenvalue weighted by Gasteiger charge is 2.31. The topological polar surface area (TPSA) is 52.3 Å². The summed E-state index contributed by atoms with van der Waals surface area (Å²) in [5.74, 6) is 0.304. The Morgan fingerprint density at radius 1 is 1.53 bits per heavy atom. The van der Waals surface area contributed by atoms with Crippen LogP contribution in [-0.4, -0.2) is 19.1 Å². The summed E-state index contributed by atoms with van der Waals surface area (Å²) in [5, 5.41) is 0. The maximum atomic E-state index is 11.4. The number of rotatable bonds is 1. The lowest BCUT2D eigenvalue weighted by Gasteiger charge is -2.17. The Morgan fingerprint density at radius 3 is 2.93 bits per heavy atom. The summed E-state index contributed by atoms with van der Waals surface area (Å²) >= 11 is 0. The zero-order valence-corrected chi connectivity index (χ0v) is 9.25. The van der Waals surface area contributed by atoms with Crippen LogP contribution < -0.4 is 5.73 Å². The van der Waals surface area contributed by atoms with Crippen LogP contribution in [0.5, 0.6) is 0 Å². The first-order valence-corrected chi connectivity index (χ1v) is 5.40. The number of ether oxygens (including phenoxy) is 1. The Bertz CT molecular complexity index is 355. The number of esters is 1. The molecule has 3 nitrogen and oxygen atoms in total. The van der Waals surface area contributed by atoms with E-state index in [-0.39, 0.29) is 12.0 Å².